The molecule has 2 N–H and O–H groups in total. The fourth-order valence-corrected chi connectivity index (χ4v) is 0.979. The molecule has 12 heavy (non-hydrogen) atoms. The number of pyridine rings is 1. The second kappa shape index (κ2) is 3.82. The number of carbonyl (C=O) groups is 1. The Hall–Kier alpha value is -1.42. The molecular formula is C8H10N2O2. The van der Waals surface area contributed by atoms with Crippen molar-refractivity contribution in [2.75, 3.05) is 7.05 Å². The van der Waals surface area contributed by atoms with E-state index in [9.17, 15) is 4.79 Å². The number of nitrogens with one attached hydrogen (secondary N) is 1. The van der Waals surface area contributed by atoms with Crippen LogP contribution in [0.1, 0.15) is 11.6 Å². The van der Waals surface area contributed by atoms with E-state index in [-0.39, 0.29) is 0 Å². The van der Waals surface area contributed by atoms with Crippen molar-refractivity contribution in [3.8, 4) is 0 Å². The summed E-state index contributed by atoms with van der Waals surface area (Å²) in [4.78, 5) is 14.5. The molecular weight excluding hydrogens is 156 g/mol. The molecule has 0 saturated carbocycles. The molecule has 0 aliphatic rings. The lowest BCUT2D eigenvalue weighted by Crippen LogP contribution is -2.24. The first-order chi connectivity index (χ1) is 5.75. The minimum atomic E-state index is -0.898. The van der Waals surface area contributed by atoms with Crippen LogP contribution in [0.15, 0.2) is 24.5 Å². The van der Waals surface area contributed by atoms with Crippen molar-refractivity contribution in [1.82, 2.24) is 10.3 Å². The summed E-state index contributed by atoms with van der Waals surface area (Å²) in [6.45, 7) is 0. The smallest absolute Gasteiger partial charge is 0.325 e. The monoisotopic (exact) mass is 166 g/mol. The molecule has 0 saturated heterocycles. The van der Waals surface area contributed by atoms with Crippen molar-refractivity contribution in [3.63, 3.8) is 0 Å². The van der Waals surface area contributed by atoms with Crippen molar-refractivity contribution in [2.24, 2.45) is 0 Å². The van der Waals surface area contributed by atoms with Gasteiger partial charge in [-0.25, -0.2) is 0 Å². The first kappa shape index (κ1) is 8.67. The largest absolute Gasteiger partial charge is 0.480 e. The Kier molecular flexibility index (Phi) is 2.76. The van der Waals surface area contributed by atoms with E-state index in [1.807, 2.05) is 0 Å². The number of hydrogen-bond donors (Lipinski definition) is 2. The van der Waals surface area contributed by atoms with Crippen LogP contribution >= 0.6 is 0 Å². The lowest BCUT2D eigenvalue weighted by molar-refractivity contribution is -0.139. The van der Waals surface area contributed by atoms with Crippen molar-refractivity contribution >= 4 is 5.97 Å². The van der Waals surface area contributed by atoms with Gasteiger partial charge in [0.25, 0.3) is 0 Å². The van der Waals surface area contributed by atoms with E-state index in [1.165, 1.54) is 6.20 Å². The topological polar surface area (TPSA) is 62.2 Å². The molecule has 1 rings (SSSR count). The van der Waals surface area contributed by atoms with Gasteiger partial charge >= 0.3 is 5.97 Å². The zero-order valence-corrected chi connectivity index (χ0v) is 6.69. The van der Waals surface area contributed by atoms with Crippen LogP contribution in [0.4, 0.5) is 0 Å². The number of hydrogen-bond acceptors (Lipinski definition) is 3. The van der Waals surface area contributed by atoms with Crippen LogP contribution in [0.25, 0.3) is 0 Å². The van der Waals surface area contributed by atoms with Crippen LogP contribution in [-0.4, -0.2) is 23.1 Å². The maximum Gasteiger partial charge on any atom is 0.325 e. The molecule has 0 aromatic carbocycles. The highest BCUT2D eigenvalue weighted by Gasteiger charge is 2.16. The highest BCUT2D eigenvalue weighted by Crippen LogP contribution is 2.09. The van der Waals surface area contributed by atoms with Gasteiger partial charge in [0.05, 0.1) is 0 Å². The molecule has 4 nitrogen and oxygen atoms in total. The molecule has 0 amide bonds. The Bertz CT molecular complexity index is 261. The normalized spacial score (nSPS) is 12.4. The van der Waals surface area contributed by atoms with E-state index < -0.39 is 12.0 Å². The molecule has 0 aliphatic carbocycles. The molecule has 0 spiro atoms. The predicted molar refractivity (Wildman–Crippen MR) is 43.7 cm³/mol. The Morgan fingerprint density at radius 2 is 2.50 bits per heavy atom. The predicted octanol–water partition coefficient (Wildman–Crippen LogP) is 0.427. The van der Waals surface area contributed by atoms with Gasteiger partial charge in [-0.05, 0) is 18.7 Å². The fourth-order valence-electron chi connectivity index (χ4n) is 0.979. The first-order valence-electron chi connectivity index (χ1n) is 3.55. The fraction of sp³-hybridized carbons (Fsp3) is 0.250. The van der Waals surface area contributed by atoms with Crippen molar-refractivity contribution < 1.29 is 9.90 Å². The molecule has 1 aromatic heterocycles. The molecule has 0 unspecified atom stereocenters. The van der Waals surface area contributed by atoms with Crippen LogP contribution in [0, 0.1) is 0 Å². The third-order valence-electron chi connectivity index (χ3n) is 1.55. The lowest BCUT2D eigenvalue weighted by atomic mass is 10.1. The van der Waals surface area contributed by atoms with Gasteiger partial charge in [-0.2, -0.15) is 0 Å². The number of rotatable bonds is 3. The first-order valence-corrected chi connectivity index (χ1v) is 3.55. The van der Waals surface area contributed by atoms with Gasteiger partial charge in [-0.1, -0.05) is 6.07 Å². The average Bonchev–Trinajstić information content (AvgIpc) is 2.07. The third kappa shape index (κ3) is 1.79. The SMILES string of the molecule is CN[C@@H](C(=O)O)c1cccnc1. The van der Waals surface area contributed by atoms with Crippen LogP contribution < -0.4 is 5.32 Å². The highest BCUT2D eigenvalue weighted by atomic mass is 16.4. The van der Waals surface area contributed by atoms with Crippen LogP contribution in [-0.2, 0) is 4.79 Å². The third-order valence-corrected chi connectivity index (χ3v) is 1.55. The molecule has 0 aliphatic heterocycles. The van der Waals surface area contributed by atoms with E-state index in [4.69, 9.17) is 5.11 Å². The molecule has 0 radical (unpaired) electrons. The molecule has 1 aromatic rings. The second-order valence-electron chi connectivity index (χ2n) is 2.35. The minimum absolute atomic E-state index is 0.660. The van der Waals surface area contributed by atoms with Gasteiger partial charge in [-0.3, -0.25) is 9.78 Å². The molecule has 1 atom stereocenters. The van der Waals surface area contributed by atoms with Crippen LogP contribution in [0.2, 0.25) is 0 Å². The van der Waals surface area contributed by atoms with E-state index >= 15 is 0 Å². The summed E-state index contributed by atoms with van der Waals surface area (Å²) in [5.74, 6) is -0.898. The summed E-state index contributed by atoms with van der Waals surface area (Å²) in [5.41, 5.74) is 0.660. The number of carboxylic acids is 1. The van der Waals surface area contributed by atoms with E-state index in [0.29, 0.717) is 5.56 Å². The summed E-state index contributed by atoms with van der Waals surface area (Å²) >= 11 is 0. The molecule has 64 valence electrons. The number of aromatic nitrogens is 1. The Labute approximate surface area is 70.3 Å². The van der Waals surface area contributed by atoms with Gasteiger partial charge in [0.15, 0.2) is 0 Å². The lowest BCUT2D eigenvalue weighted by Gasteiger charge is -2.09. The number of likely N-dealkylation sites (N-methyl/N-ethyl adjacent to an activating group) is 1. The van der Waals surface area contributed by atoms with Crippen molar-refractivity contribution in [1.29, 1.82) is 0 Å². The average molecular weight is 166 g/mol. The number of nitrogens with zero attached hydrogens (tertiary/aromatic N) is 1. The minimum Gasteiger partial charge on any atom is -0.480 e. The zero-order valence-electron chi connectivity index (χ0n) is 6.69. The summed E-state index contributed by atoms with van der Waals surface area (Å²) in [6, 6.07) is 2.77. The molecule has 1 heterocycles. The van der Waals surface area contributed by atoms with Gasteiger partial charge in [0, 0.05) is 12.4 Å². The summed E-state index contributed by atoms with van der Waals surface area (Å²) < 4.78 is 0. The van der Waals surface area contributed by atoms with Crippen molar-refractivity contribution in [3.05, 3.63) is 30.1 Å². The number of carboxylic acid groups (broad SMARTS) is 1. The quantitative estimate of drug-likeness (QED) is 0.683. The zero-order chi connectivity index (χ0) is 8.97. The summed E-state index contributed by atoms with van der Waals surface area (Å²) in [6.07, 6.45) is 3.15. The standard InChI is InChI=1S/C8H10N2O2/c1-9-7(8(11)12)6-3-2-4-10-5-6/h2-5,7,9H,1H3,(H,11,12)/t7-/m1/s1. The van der Waals surface area contributed by atoms with Gasteiger partial charge in [0.2, 0.25) is 0 Å². The highest BCUT2D eigenvalue weighted by molar-refractivity contribution is 5.75. The maximum atomic E-state index is 10.6. The van der Waals surface area contributed by atoms with Gasteiger partial charge in [-0.15, -0.1) is 0 Å². The summed E-state index contributed by atoms with van der Waals surface area (Å²) in [7, 11) is 1.60. The molecule has 0 fully saturated rings. The van der Waals surface area contributed by atoms with Crippen LogP contribution in [0.3, 0.4) is 0 Å². The van der Waals surface area contributed by atoms with E-state index in [2.05, 4.69) is 10.3 Å². The summed E-state index contributed by atoms with van der Waals surface area (Å²) in [5, 5.41) is 11.4. The van der Waals surface area contributed by atoms with Gasteiger partial charge in [0.1, 0.15) is 6.04 Å². The van der Waals surface area contributed by atoms with E-state index in [0.717, 1.165) is 0 Å². The Morgan fingerprint density at radius 1 is 1.75 bits per heavy atom. The maximum absolute atomic E-state index is 10.6. The molecule has 4 heteroatoms. The van der Waals surface area contributed by atoms with Crippen molar-refractivity contribution in [2.45, 2.75) is 6.04 Å². The Balaban J connectivity index is 2.88. The van der Waals surface area contributed by atoms with E-state index in [1.54, 1.807) is 25.4 Å². The second-order valence-corrected chi connectivity index (χ2v) is 2.35. The van der Waals surface area contributed by atoms with Crippen LogP contribution in [0.5, 0.6) is 0 Å². The number of aliphatic carboxylic acids is 1. The van der Waals surface area contributed by atoms with Gasteiger partial charge < -0.3 is 10.4 Å². The molecule has 0 bridgehead atoms. The Morgan fingerprint density at radius 3 is 2.92 bits per heavy atom.